The number of aromatic nitrogens is 2. The number of benzene rings is 1. The van der Waals surface area contributed by atoms with Crippen molar-refractivity contribution in [3.8, 4) is 0 Å². The minimum Gasteiger partial charge on any atom is -0.379 e. The molecule has 146 valence electrons. The van der Waals surface area contributed by atoms with Crippen LogP contribution in [0.4, 0.5) is 0 Å². The number of morpholine rings is 1. The number of nitrogens with zero attached hydrogens (tertiary/aromatic N) is 3. The first-order valence-electron chi connectivity index (χ1n) is 9.29. The average Bonchev–Trinajstić information content (AvgIpc) is 2.90. The Balaban J connectivity index is 1.70. The van der Waals surface area contributed by atoms with Gasteiger partial charge in [-0.15, -0.1) is 0 Å². The second kappa shape index (κ2) is 8.87. The van der Waals surface area contributed by atoms with Gasteiger partial charge in [0.05, 0.1) is 31.4 Å². The SMILES string of the molecule is Cc1nn(C)c(C)c1CC(=O)NCC(c1ccccc1Cl)N1CCOCC1. The highest BCUT2D eigenvalue weighted by molar-refractivity contribution is 6.31. The maximum atomic E-state index is 12.6. The van der Waals surface area contributed by atoms with Gasteiger partial charge in [0.25, 0.3) is 0 Å². The van der Waals surface area contributed by atoms with E-state index in [1.165, 1.54) is 0 Å². The van der Waals surface area contributed by atoms with Gasteiger partial charge in [-0.2, -0.15) is 5.10 Å². The van der Waals surface area contributed by atoms with E-state index in [2.05, 4.69) is 15.3 Å². The molecule has 1 fully saturated rings. The van der Waals surface area contributed by atoms with E-state index in [0.29, 0.717) is 26.2 Å². The van der Waals surface area contributed by atoms with Gasteiger partial charge in [0.15, 0.2) is 0 Å². The summed E-state index contributed by atoms with van der Waals surface area (Å²) in [6, 6.07) is 7.87. The van der Waals surface area contributed by atoms with Gasteiger partial charge in [-0.25, -0.2) is 0 Å². The zero-order valence-corrected chi connectivity index (χ0v) is 16.9. The lowest BCUT2D eigenvalue weighted by Crippen LogP contribution is -2.44. The van der Waals surface area contributed by atoms with Gasteiger partial charge >= 0.3 is 0 Å². The average molecular weight is 391 g/mol. The van der Waals surface area contributed by atoms with Crippen molar-refractivity contribution in [3.05, 3.63) is 51.8 Å². The predicted molar refractivity (Wildman–Crippen MR) is 106 cm³/mol. The number of rotatable bonds is 6. The van der Waals surface area contributed by atoms with E-state index in [9.17, 15) is 4.79 Å². The molecular weight excluding hydrogens is 364 g/mol. The molecule has 6 nitrogen and oxygen atoms in total. The van der Waals surface area contributed by atoms with Gasteiger partial charge in [0, 0.05) is 43.0 Å². The van der Waals surface area contributed by atoms with Crippen molar-refractivity contribution in [2.24, 2.45) is 7.05 Å². The molecule has 0 saturated carbocycles. The number of hydrogen-bond donors (Lipinski definition) is 1. The number of halogens is 1. The second-order valence-corrected chi connectivity index (χ2v) is 7.35. The van der Waals surface area contributed by atoms with E-state index in [4.69, 9.17) is 16.3 Å². The van der Waals surface area contributed by atoms with Crippen molar-refractivity contribution in [2.75, 3.05) is 32.8 Å². The van der Waals surface area contributed by atoms with Crippen LogP contribution in [0.2, 0.25) is 5.02 Å². The number of carbonyl (C=O) groups is 1. The molecule has 2 aromatic rings. The summed E-state index contributed by atoms with van der Waals surface area (Å²) < 4.78 is 7.30. The van der Waals surface area contributed by atoms with E-state index in [-0.39, 0.29) is 11.9 Å². The standard InChI is InChI=1S/C20H27ClN4O2/c1-14-17(15(2)24(3)23-14)12-20(26)22-13-19(25-8-10-27-11-9-25)16-6-4-5-7-18(16)21/h4-7,19H,8-13H2,1-3H3,(H,22,26). The summed E-state index contributed by atoms with van der Waals surface area (Å²) in [4.78, 5) is 14.9. The molecule has 1 N–H and O–H groups in total. The zero-order valence-electron chi connectivity index (χ0n) is 16.2. The van der Waals surface area contributed by atoms with Gasteiger partial charge in [-0.3, -0.25) is 14.4 Å². The van der Waals surface area contributed by atoms with Crippen molar-refractivity contribution in [2.45, 2.75) is 26.3 Å². The minimum absolute atomic E-state index is 0.000451. The lowest BCUT2D eigenvalue weighted by molar-refractivity contribution is -0.120. The van der Waals surface area contributed by atoms with E-state index < -0.39 is 0 Å². The Hall–Kier alpha value is -1.89. The van der Waals surface area contributed by atoms with Gasteiger partial charge < -0.3 is 10.1 Å². The molecule has 1 atom stereocenters. The van der Waals surface area contributed by atoms with Crippen LogP contribution in [0.3, 0.4) is 0 Å². The Labute approximate surface area is 165 Å². The molecule has 0 radical (unpaired) electrons. The summed E-state index contributed by atoms with van der Waals surface area (Å²) in [7, 11) is 1.90. The van der Waals surface area contributed by atoms with Crippen molar-refractivity contribution in [1.29, 1.82) is 0 Å². The largest absolute Gasteiger partial charge is 0.379 e. The third kappa shape index (κ3) is 4.69. The number of hydrogen-bond acceptors (Lipinski definition) is 4. The molecule has 1 aliphatic heterocycles. The van der Waals surface area contributed by atoms with Crippen molar-refractivity contribution in [1.82, 2.24) is 20.0 Å². The molecule has 0 bridgehead atoms. The fourth-order valence-corrected chi connectivity index (χ4v) is 3.84. The topological polar surface area (TPSA) is 59.4 Å². The van der Waals surface area contributed by atoms with Crippen LogP contribution in [-0.2, 0) is 23.0 Å². The summed E-state index contributed by atoms with van der Waals surface area (Å²) in [6.07, 6.45) is 0.337. The Bertz CT molecular complexity index is 799. The Morgan fingerprint density at radius 1 is 1.30 bits per heavy atom. The van der Waals surface area contributed by atoms with E-state index in [0.717, 1.165) is 40.6 Å². The number of nitrogens with one attached hydrogen (secondary N) is 1. The van der Waals surface area contributed by atoms with E-state index >= 15 is 0 Å². The molecular formula is C20H27ClN4O2. The first-order valence-corrected chi connectivity index (χ1v) is 9.67. The Kier molecular flexibility index (Phi) is 6.52. The zero-order chi connectivity index (χ0) is 19.4. The van der Waals surface area contributed by atoms with Gasteiger partial charge in [-0.05, 0) is 25.5 Å². The van der Waals surface area contributed by atoms with Crippen LogP contribution in [0, 0.1) is 13.8 Å². The summed E-state index contributed by atoms with van der Waals surface area (Å²) >= 11 is 6.45. The highest BCUT2D eigenvalue weighted by atomic mass is 35.5. The van der Waals surface area contributed by atoms with Crippen LogP contribution >= 0.6 is 11.6 Å². The molecule has 7 heteroatoms. The maximum absolute atomic E-state index is 12.6. The lowest BCUT2D eigenvalue weighted by atomic mass is 10.0. The quantitative estimate of drug-likeness (QED) is 0.822. The summed E-state index contributed by atoms with van der Waals surface area (Å²) in [5.41, 5.74) is 3.96. The molecule has 0 spiro atoms. The minimum atomic E-state index is -0.000451. The fourth-order valence-electron chi connectivity index (χ4n) is 3.58. The Morgan fingerprint density at radius 2 is 2.00 bits per heavy atom. The lowest BCUT2D eigenvalue weighted by Gasteiger charge is -2.35. The highest BCUT2D eigenvalue weighted by Crippen LogP contribution is 2.27. The van der Waals surface area contributed by atoms with Crippen molar-refractivity contribution < 1.29 is 9.53 Å². The van der Waals surface area contributed by atoms with Crippen molar-refractivity contribution in [3.63, 3.8) is 0 Å². The van der Waals surface area contributed by atoms with Crippen LogP contribution in [-0.4, -0.2) is 53.4 Å². The molecule has 2 heterocycles. The smallest absolute Gasteiger partial charge is 0.224 e. The summed E-state index contributed by atoms with van der Waals surface area (Å²) in [6.45, 7) is 7.49. The maximum Gasteiger partial charge on any atom is 0.224 e. The van der Waals surface area contributed by atoms with Crippen LogP contribution in [0.25, 0.3) is 0 Å². The van der Waals surface area contributed by atoms with Gasteiger partial charge in [0.2, 0.25) is 5.91 Å². The molecule has 27 heavy (non-hydrogen) atoms. The van der Waals surface area contributed by atoms with E-state index in [1.54, 1.807) is 0 Å². The highest BCUT2D eigenvalue weighted by Gasteiger charge is 2.25. The normalized spacial score (nSPS) is 16.3. The van der Waals surface area contributed by atoms with Crippen molar-refractivity contribution >= 4 is 17.5 Å². The van der Waals surface area contributed by atoms with Gasteiger partial charge in [-0.1, -0.05) is 29.8 Å². The predicted octanol–water partition coefficient (Wildman–Crippen LogP) is 2.42. The Morgan fingerprint density at radius 3 is 2.63 bits per heavy atom. The summed E-state index contributed by atoms with van der Waals surface area (Å²) in [5.74, 6) is -0.000451. The molecule has 1 unspecified atom stereocenters. The third-order valence-electron chi connectivity index (χ3n) is 5.24. The summed E-state index contributed by atoms with van der Waals surface area (Å²) in [5, 5.41) is 8.21. The van der Waals surface area contributed by atoms with Crippen LogP contribution in [0.5, 0.6) is 0 Å². The van der Waals surface area contributed by atoms with Crippen LogP contribution in [0.15, 0.2) is 24.3 Å². The van der Waals surface area contributed by atoms with Gasteiger partial charge in [0.1, 0.15) is 0 Å². The fraction of sp³-hybridized carbons (Fsp3) is 0.500. The first-order chi connectivity index (χ1) is 13.0. The number of aryl methyl sites for hydroxylation is 2. The van der Waals surface area contributed by atoms with Crippen LogP contribution in [0.1, 0.15) is 28.6 Å². The van der Waals surface area contributed by atoms with E-state index in [1.807, 2.05) is 49.8 Å². The second-order valence-electron chi connectivity index (χ2n) is 6.94. The van der Waals surface area contributed by atoms with Crippen LogP contribution < -0.4 is 5.32 Å². The monoisotopic (exact) mass is 390 g/mol. The number of ether oxygens (including phenoxy) is 1. The molecule has 0 aliphatic carbocycles. The molecule has 3 rings (SSSR count). The first kappa shape index (κ1) is 19.9. The molecule has 1 aromatic carbocycles. The number of carbonyl (C=O) groups excluding carboxylic acids is 1. The number of amides is 1. The molecule has 1 aliphatic rings. The third-order valence-corrected chi connectivity index (χ3v) is 5.58. The molecule has 1 amide bonds. The molecule has 1 aromatic heterocycles. The molecule has 1 saturated heterocycles.